The molecule has 0 saturated carbocycles. The largest absolute Gasteiger partial charge is 0.295 e. The van der Waals surface area contributed by atoms with Crippen molar-refractivity contribution in [1.82, 2.24) is 0 Å². The predicted molar refractivity (Wildman–Crippen MR) is 77.1 cm³/mol. The van der Waals surface area contributed by atoms with Crippen molar-refractivity contribution >= 4 is 22.9 Å². The van der Waals surface area contributed by atoms with Gasteiger partial charge in [0.1, 0.15) is 0 Å². The highest BCUT2D eigenvalue weighted by Gasteiger charge is 2.01. The lowest BCUT2D eigenvalue weighted by Crippen LogP contribution is -1.90. The van der Waals surface area contributed by atoms with Crippen molar-refractivity contribution in [3.05, 3.63) is 59.7 Å². The lowest BCUT2D eigenvalue weighted by Gasteiger charge is -1.98. The summed E-state index contributed by atoms with van der Waals surface area (Å²) in [6.45, 7) is 3.01. The Hall–Kier alpha value is -2.62. The summed E-state index contributed by atoms with van der Waals surface area (Å²) >= 11 is 0. The molecule has 2 rings (SSSR count). The highest BCUT2D eigenvalue weighted by molar-refractivity contribution is 5.95. The zero-order chi connectivity index (χ0) is 14.5. The van der Waals surface area contributed by atoms with E-state index >= 15 is 0 Å². The van der Waals surface area contributed by atoms with Gasteiger partial charge in [-0.25, -0.2) is 0 Å². The monoisotopic (exact) mass is 266 g/mol. The normalized spacial score (nSPS) is 10.7. The SMILES string of the molecule is CC(=O)c1cccc(N=Nc2cccc(C(C)=O)c2)c1. The van der Waals surface area contributed by atoms with E-state index in [1.165, 1.54) is 13.8 Å². The first-order valence-corrected chi connectivity index (χ1v) is 6.20. The quantitative estimate of drug-likeness (QED) is 0.604. The van der Waals surface area contributed by atoms with Crippen LogP contribution in [0.25, 0.3) is 0 Å². The van der Waals surface area contributed by atoms with Crippen LogP contribution in [0, 0.1) is 0 Å². The van der Waals surface area contributed by atoms with E-state index in [2.05, 4.69) is 10.2 Å². The smallest absolute Gasteiger partial charge is 0.159 e. The second-order valence-corrected chi connectivity index (χ2v) is 4.41. The van der Waals surface area contributed by atoms with E-state index in [0.717, 1.165) is 0 Å². The summed E-state index contributed by atoms with van der Waals surface area (Å²) in [7, 11) is 0. The Balaban J connectivity index is 2.25. The molecule has 0 saturated heterocycles. The third kappa shape index (κ3) is 3.45. The second kappa shape index (κ2) is 6.02. The molecule has 2 aromatic carbocycles. The van der Waals surface area contributed by atoms with Crippen molar-refractivity contribution in [3.63, 3.8) is 0 Å². The van der Waals surface area contributed by atoms with Crippen LogP contribution in [0.1, 0.15) is 34.6 Å². The van der Waals surface area contributed by atoms with Crippen molar-refractivity contribution in [2.24, 2.45) is 10.2 Å². The lowest BCUT2D eigenvalue weighted by atomic mass is 10.1. The third-order valence-electron chi connectivity index (χ3n) is 2.79. The predicted octanol–water partition coefficient (Wildman–Crippen LogP) is 4.51. The summed E-state index contributed by atoms with van der Waals surface area (Å²) in [4.78, 5) is 22.6. The van der Waals surface area contributed by atoms with Gasteiger partial charge in [-0.3, -0.25) is 9.59 Å². The number of Topliss-reactive ketones (excluding diaryl/α,β-unsaturated/α-hetero) is 2. The van der Waals surface area contributed by atoms with E-state index in [1.807, 2.05) is 0 Å². The maximum atomic E-state index is 11.3. The van der Waals surface area contributed by atoms with Crippen molar-refractivity contribution in [1.29, 1.82) is 0 Å². The van der Waals surface area contributed by atoms with Gasteiger partial charge in [-0.1, -0.05) is 24.3 Å². The number of hydrogen-bond acceptors (Lipinski definition) is 4. The number of carbonyl (C=O) groups excluding carboxylic acids is 2. The van der Waals surface area contributed by atoms with Crippen LogP contribution in [0.5, 0.6) is 0 Å². The number of ketones is 2. The minimum Gasteiger partial charge on any atom is -0.295 e. The van der Waals surface area contributed by atoms with Crippen LogP contribution in [0.15, 0.2) is 58.8 Å². The van der Waals surface area contributed by atoms with Gasteiger partial charge in [0.2, 0.25) is 0 Å². The molecular formula is C16H14N2O2. The molecule has 0 aromatic heterocycles. The van der Waals surface area contributed by atoms with Crippen molar-refractivity contribution < 1.29 is 9.59 Å². The second-order valence-electron chi connectivity index (χ2n) is 4.41. The van der Waals surface area contributed by atoms with Crippen LogP contribution in [0.2, 0.25) is 0 Å². The Morgan fingerprint density at radius 2 is 1.15 bits per heavy atom. The first-order chi connectivity index (χ1) is 9.56. The Bertz CT molecular complexity index is 631. The Kier molecular flexibility index (Phi) is 4.15. The fourth-order valence-electron chi connectivity index (χ4n) is 1.69. The number of rotatable bonds is 4. The molecule has 0 N–H and O–H groups in total. The molecule has 0 spiro atoms. The van der Waals surface area contributed by atoms with Crippen LogP contribution in [0.3, 0.4) is 0 Å². The molecule has 100 valence electrons. The van der Waals surface area contributed by atoms with Crippen molar-refractivity contribution in [2.75, 3.05) is 0 Å². The maximum absolute atomic E-state index is 11.3. The summed E-state index contributed by atoms with van der Waals surface area (Å²) in [5.41, 5.74) is 2.40. The number of nitrogens with zero attached hydrogens (tertiary/aromatic N) is 2. The van der Waals surface area contributed by atoms with Crippen LogP contribution in [-0.4, -0.2) is 11.6 Å². The van der Waals surface area contributed by atoms with Gasteiger partial charge >= 0.3 is 0 Å². The molecule has 0 aliphatic carbocycles. The zero-order valence-corrected chi connectivity index (χ0v) is 11.3. The molecule has 0 atom stereocenters. The highest BCUT2D eigenvalue weighted by atomic mass is 16.1. The fourth-order valence-corrected chi connectivity index (χ4v) is 1.69. The third-order valence-corrected chi connectivity index (χ3v) is 2.79. The topological polar surface area (TPSA) is 58.9 Å². The number of benzene rings is 2. The average molecular weight is 266 g/mol. The average Bonchev–Trinajstić information content (AvgIpc) is 2.45. The minimum atomic E-state index is -0.0133. The molecule has 0 fully saturated rings. The first kappa shape index (κ1) is 13.8. The molecule has 2 aromatic rings. The van der Waals surface area contributed by atoms with Gasteiger partial charge in [0, 0.05) is 11.1 Å². The summed E-state index contributed by atoms with van der Waals surface area (Å²) in [6, 6.07) is 13.9. The molecule has 0 unspecified atom stereocenters. The van der Waals surface area contributed by atoms with Gasteiger partial charge in [-0.2, -0.15) is 10.2 Å². The molecule has 0 radical (unpaired) electrons. The Labute approximate surface area is 117 Å². The van der Waals surface area contributed by atoms with Gasteiger partial charge in [0.25, 0.3) is 0 Å². The summed E-state index contributed by atoms with van der Waals surface area (Å²) in [5.74, 6) is -0.0266. The zero-order valence-electron chi connectivity index (χ0n) is 11.3. The molecule has 0 amide bonds. The number of azo groups is 1. The molecule has 0 heterocycles. The van der Waals surface area contributed by atoms with Crippen LogP contribution in [-0.2, 0) is 0 Å². The van der Waals surface area contributed by atoms with E-state index in [4.69, 9.17) is 0 Å². The van der Waals surface area contributed by atoms with Gasteiger partial charge < -0.3 is 0 Å². The Morgan fingerprint density at radius 1 is 0.750 bits per heavy atom. The summed E-state index contributed by atoms with van der Waals surface area (Å²) in [5, 5.41) is 8.16. The van der Waals surface area contributed by atoms with Crippen molar-refractivity contribution in [3.8, 4) is 0 Å². The van der Waals surface area contributed by atoms with Gasteiger partial charge in [-0.05, 0) is 38.1 Å². The first-order valence-electron chi connectivity index (χ1n) is 6.20. The van der Waals surface area contributed by atoms with E-state index in [9.17, 15) is 9.59 Å². The molecular weight excluding hydrogens is 252 g/mol. The minimum absolute atomic E-state index is 0.0133. The van der Waals surface area contributed by atoms with Gasteiger partial charge in [-0.15, -0.1) is 0 Å². The number of hydrogen-bond donors (Lipinski definition) is 0. The molecule has 20 heavy (non-hydrogen) atoms. The van der Waals surface area contributed by atoms with Crippen molar-refractivity contribution in [2.45, 2.75) is 13.8 Å². The van der Waals surface area contributed by atoms with E-state index < -0.39 is 0 Å². The molecule has 0 bridgehead atoms. The van der Waals surface area contributed by atoms with Gasteiger partial charge in [0.15, 0.2) is 11.6 Å². The molecule has 0 aliphatic heterocycles. The van der Waals surface area contributed by atoms with Gasteiger partial charge in [0.05, 0.1) is 11.4 Å². The fraction of sp³-hybridized carbons (Fsp3) is 0.125. The van der Waals surface area contributed by atoms with E-state index in [-0.39, 0.29) is 11.6 Å². The Morgan fingerprint density at radius 3 is 1.50 bits per heavy atom. The molecule has 4 heteroatoms. The summed E-state index contributed by atoms with van der Waals surface area (Å²) in [6.07, 6.45) is 0. The maximum Gasteiger partial charge on any atom is 0.159 e. The van der Waals surface area contributed by atoms with Crippen LogP contribution in [0.4, 0.5) is 11.4 Å². The summed E-state index contributed by atoms with van der Waals surface area (Å²) < 4.78 is 0. The van der Waals surface area contributed by atoms with E-state index in [0.29, 0.717) is 22.5 Å². The highest BCUT2D eigenvalue weighted by Crippen LogP contribution is 2.20. The van der Waals surface area contributed by atoms with E-state index in [1.54, 1.807) is 48.5 Å². The standard InChI is InChI=1S/C16H14N2O2/c1-11(19)13-5-3-7-15(9-13)17-18-16-8-4-6-14(10-16)12(2)20/h3-10H,1-2H3. The van der Waals surface area contributed by atoms with Crippen LogP contribution >= 0.6 is 0 Å². The molecule has 0 aliphatic rings. The van der Waals surface area contributed by atoms with Crippen LogP contribution < -0.4 is 0 Å². The number of carbonyl (C=O) groups is 2. The lowest BCUT2D eigenvalue weighted by molar-refractivity contribution is 0.100. The molecule has 4 nitrogen and oxygen atoms in total.